The first-order valence-corrected chi connectivity index (χ1v) is 13.5. The minimum atomic E-state index is -4.66. The van der Waals surface area contributed by atoms with E-state index in [4.69, 9.17) is 14.9 Å². The number of halogens is 3. The molecule has 0 aliphatic carbocycles. The van der Waals surface area contributed by atoms with Crippen molar-refractivity contribution in [1.29, 1.82) is 0 Å². The van der Waals surface area contributed by atoms with Crippen LogP contribution in [-0.4, -0.2) is 46.9 Å². The van der Waals surface area contributed by atoms with Crippen LogP contribution in [0, 0.1) is 0 Å². The molecule has 1 saturated heterocycles. The van der Waals surface area contributed by atoms with E-state index < -0.39 is 17.3 Å². The number of ether oxygens (including phenoxy) is 1. The van der Waals surface area contributed by atoms with Crippen molar-refractivity contribution < 1.29 is 31.9 Å². The van der Waals surface area contributed by atoms with Crippen molar-refractivity contribution in [2.75, 3.05) is 25.4 Å². The number of amides is 1. The highest BCUT2D eigenvalue weighted by molar-refractivity contribution is 5.95. The standard InChI is InChI=1S/C32H30F3N3O4/c1-31(2)19-38(13-14-41-31)30(40)22-7-5-21(6-8-22)23-15-24-16-26(42-29(24)27(17-23)32(33,34)35)11-10-25(39)9-3-20-4-12-28(36)37-18-20/h3-9,12,15-18H,10-11,13-14,19H2,1-2H3,(H2,36,37)/b9-3+. The van der Waals surface area contributed by atoms with Gasteiger partial charge in [0.2, 0.25) is 0 Å². The van der Waals surface area contributed by atoms with E-state index in [1.165, 1.54) is 18.3 Å². The van der Waals surface area contributed by atoms with Crippen LogP contribution in [0.2, 0.25) is 0 Å². The molecule has 1 amide bonds. The van der Waals surface area contributed by atoms with Gasteiger partial charge >= 0.3 is 6.18 Å². The summed E-state index contributed by atoms with van der Waals surface area (Å²) in [5.74, 6) is 0.278. The minimum absolute atomic E-state index is 0.0583. The Morgan fingerprint density at radius 2 is 1.83 bits per heavy atom. The monoisotopic (exact) mass is 577 g/mol. The maximum Gasteiger partial charge on any atom is 0.420 e. The van der Waals surface area contributed by atoms with Gasteiger partial charge in [-0.1, -0.05) is 12.1 Å². The van der Waals surface area contributed by atoms with Crippen LogP contribution in [0.15, 0.2) is 71.3 Å². The zero-order valence-corrected chi connectivity index (χ0v) is 23.2. The van der Waals surface area contributed by atoms with Crippen LogP contribution in [-0.2, 0) is 22.1 Å². The van der Waals surface area contributed by atoms with E-state index >= 15 is 0 Å². The number of hydrogen-bond acceptors (Lipinski definition) is 6. The number of allylic oxidation sites excluding steroid dienone is 1. The molecule has 2 N–H and O–H groups in total. The van der Waals surface area contributed by atoms with E-state index in [9.17, 15) is 22.8 Å². The van der Waals surface area contributed by atoms with Crippen LogP contribution in [0.3, 0.4) is 0 Å². The Hall–Kier alpha value is -4.44. The lowest BCUT2D eigenvalue weighted by Crippen LogP contribution is -2.50. The summed E-state index contributed by atoms with van der Waals surface area (Å²) in [6, 6.07) is 14.1. The zero-order chi connectivity index (χ0) is 30.1. The summed E-state index contributed by atoms with van der Waals surface area (Å²) in [6.45, 7) is 5.20. The molecule has 42 heavy (non-hydrogen) atoms. The first-order chi connectivity index (χ1) is 19.9. The quantitative estimate of drug-likeness (QED) is 0.250. The van der Waals surface area contributed by atoms with Crippen LogP contribution in [0.5, 0.6) is 0 Å². The smallest absolute Gasteiger partial charge is 0.420 e. The molecule has 1 fully saturated rings. The summed E-state index contributed by atoms with van der Waals surface area (Å²) in [7, 11) is 0. The average molecular weight is 578 g/mol. The number of alkyl halides is 3. The Morgan fingerprint density at radius 3 is 2.50 bits per heavy atom. The van der Waals surface area contributed by atoms with E-state index in [0.29, 0.717) is 47.8 Å². The van der Waals surface area contributed by atoms with E-state index in [-0.39, 0.29) is 41.3 Å². The lowest BCUT2D eigenvalue weighted by atomic mass is 9.98. The van der Waals surface area contributed by atoms with E-state index in [0.717, 1.165) is 6.07 Å². The predicted octanol–water partition coefficient (Wildman–Crippen LogP) is 6.56. The number of nitrogen functional groups attached to an aromatic ring is 1. The average Bonchev–Trinajstić information content (AvgIpc) is 3.37. The Balaban J connectivity index is 1.34. The number of rotatable bonds is 7. The Morgan fingerprint density at radius 1 is 1.07 bits per heavy atom. The molecule has 2 aromatic carbocycles. The number of anilines is 1. The van der Waals surface area contributed by atoms with Crippen LogP contribution in [0.1, 0.15) is 47.5 Å². The molecule has 218 valence electrons. The molecular formula is C32H30F3N3O4. The number of benzene rings is 2. The van der Waals surface area contributed by atoms with E-state index in [1.54, 1.807) is 53.4 Å². The number of carbonyl (C=O) groups is 2. The van der Waals surface area contributed by atoms with Crippen molar-refractivity contribution in [2.45, 2.75) is 38.5 Å². The summed E-state index contributed by atoms with van der Waals surface area (Å²) in [6.07, 6.45) is 0.0622. The second-order valence-corrected chi connectivity index (χ2v) is 10.9. The molecule has 7 nitrogen and oxygen atoms in total. The number of aromatic nitrogens is 1. The topological polar surface area (TPSA) is 98.7 Å². The number of aryl methyl sites for hydroxylation is 1. The molecule has 0 atom stereocenters. The Kier molecular flexibility index (Phi) is 7.92. The van der Waals surface area contributed by atoms with Crippen molar-refractivity contribution in [1.82, 2.24) is 9.88 Å². The highest BCUT2D eigenvalue weighted by Crippen LogP contribution is 2.39. The lowest BCUT2D eigenvalue weighted by molar-refractivity contribution is -0.136. The fourth-order valence-electron chi connectivity index (χ4n) is 4.92. The second-order valence-electron chi connectivity index (χ2n) is 10.9. The molecular weight excluding hydrogens is 547 g/mol. The van der Waals surface area contributed by atoms with Gasteiger partial charge in [-0.3, -0.25) is 9.59 Å². The first kappa shape index (κ1) is 29.1. The van der Waals surface area contributed by atoms with Gasteiger partial charge in [-0.15, -0.1) is 0 Å². The van der Waals surface area contributed by atoms with E-state index in [2.05, 4.69) is 4.98 Å². The number of carbonyl (C=O) groups excluding carboxylic acids is 2. The maximum atomic E-state index is 14.1. The fraction of sp³-hybridized carbons (Fsp3) is 0.281. The molecule has 1 aliphatic heterocycles. The van der Waals surface area contributed by atoms with Gasteiger partial charge in [0, 0.05) is 43.1 Å². The normalized spacial score (nSPS) is 15.4. The maximum absolute atomic E-state index is 14.1. The van der Waals surface area contributed by atoms with Crippen molar-refractivity contribution in [2.24, 2.45) is 0 Å². The van der Waals surface area contributed by atoms with Crippen molar-refractivity contribution in [3.8, 4) is 11.1 Å². The number of nitrogens with zero attached hydrogens (tertiary/aromatic N) is 2. The third-order valence-electron chi connectivity index (χ3n) is 7.04. The predicted molar refractivity (Wildman–Crippen MR) is 154 cm³/mol. The minimum Gasteiger partial charge on any atom is -0.460 e. The largest absolute Gasteiger partial charge is 0.460 e. The molecule has 4 aromatic rings. The van der Waals surface area contributed by atoms with Crippen molar-refractivity contribution in [3.63, 3.8) is 0 Å². The molecule has 1 aliphatic rings. The number of morpholine rings is 1. The van der Waals surface area contributed by atoms with Gasteiger partial charge in [0.25, 0.3) is 5.91 Å². The molecule has 0 saturated carbocycles. The summed E-state index contributed by atoms with van der Waals surface area (Å²) >= 11 is 0. The zero-order valence-electron chi connectivity index (χ0n) is 23.2. The highest BCUT2D eigenvalue weighted by Gasteiger charge is 2.35. The van der Waals surface area contributed by atoms with Gasteiger partial charge in [0.1, 0.15) is 17.2 Å². The number of furan rings is 1. The molecule has 3 heterocycles. The van der Waals surface area contributed by atoms with E-state index in [1.807, 2.05) is 13.8 Å². The first-order valence-electron chi connectivity index (χ1n) is 13.5. The summed E-state index contributed by atoms with van der Waals surface area (Å²) < 4.78 is 53.5. The molecule has 2 aromatic heterocycles. The van der Waals surface area contributed by atoms with Crippen LogP contribution in [0.4, 0.5) is 19.0 Å². The molecule has 0 radical (unpaired) electrons. The molecule has 10 heteroatoms. The molecule has 0 spiro atoms. The fourth-order valence-corrected chi connectivity index (χ4v) is 4.92. The number of nitrogens with two attached hydrogens (primary N) is 1. The van der Waals surface area contributed by atoms with Crippen LogP contribution >= 0.6 is 0 Å². The number of hydrogen-bond donors (Lipinski definition) is 1. The summed E-state index contributed by atoms with van der Waals surface area (Å²) in [4.78, 5) is 31.0. The van der Waals surface area contributed by atoms with Crippen molar-refractivity contribution in [3.05, 3.63) is 89.3 Å². The second kappa shape index (κ2) is 11.4. The summed E-state index contributed by atoms with van der Waals surface area (Å²) in [5.41, 5.74) is 5.95. The van der Waals surface area contributed by atoms with Crippen LogP contribution < -0.4 is 5.73 Å². The Bertz CT molecular complexity index is 1640. The number of pyridine rings is 1. The number of ketones is 1. The van der Waals surface area contributed by atoms with Gasteiger partial charge < -0.3 is 19.8 Å². The SMILES string of the molecule is CC1(C)CN(C(=O)c2ccc(-c3cc(C(F)(F)F)c4oc(CCC(=O)/C=C/c5ccc(N)nc5)cc4c3)cc2)CCO1. The Labute approximate surface area is 240 Å². The summed E-state index contributed by atoms with van der Waals surface area (Å²) in [5, 5.41) is 0.279. The third-order valence-corrected chi connectivity index (χ3v) is 7.04. The van der Waals surface area contributed by atoms with Crippen LogP contribution in [0.25, 0.3) is 28.2 Å². The van der Waals surface area contributed by atoms with Gasteiger partial charge in [-0.2, -0.15) is 13.2 Å². The lowest BCUT2D eigenvalue weighted by Gasteiger charge is -2.38. The van der Waals surface area contributed by atoms with Gasteiger partial charge in [0.15, 0.2) is 5.78 Å². The molecule has 0 unspecified atom stereocenters. The number of fused-ring (bicyclic) bond motifs is 1. The van der Waals surface area contributed by atoms with Gasteiger partial charge in [0.05, 0.1) is 17.8 Å². The third kappa shape index (κ3) is 6.71. The van der Waals surface area contributed by atoms with Gasteiger partial charge in [-0.25, -0.2) is 4.98 Å². The highest BCUT2D eigenvalue weighted by atomic mass is 19.4. The molecule has 5 rings (SSSR count). The van der Waals surface area contributed by atoms with Gasteiger partial charge in [-0.05, 0) is 85.2 Å². The van der Waals surface area contributed by atoms with Crippen molar-refractivity contribution >= 4 is 34.6 Å². The molecule has 0 bridgehead atoms.